The highest BCUT2D eigenvalue weighted by Crippen LogP contribution is 2.25. The predicted octanol–water partition coefficient (Wildman–Crippen LogP) is 2.27. The molecular formula is C32H41N7O5. The van der Waals surface area contributed by atoms with E-state index in [4.69, 9.17) is 27.1 Å². The van der Waals surface area contributed by atoms with Gasteiger partial charge in [0.1, 0.15) is 6.04 Å². The largest absolute Gasteiger partial charge is 0.481 e. The number of carbonyl (C=O) groups excluding carboxylic acids is 3. The Hall–Kier alpha value is -5.39. The van der Waals surface area contributed by atoms with Crippen LogP contribution in [0.25, 0.3) is 0 Å². The number of rotatable bonds is 13. The average Bonchev–Trinajstić information content (AvgIpc) is 2.98. The summed E-state index contributed by atoms with van der Waals surface area (Å²) in [4.78, 5) is 52.9. The van der Waals surface area contributed by atoms with Crippen LogP contribution >= 0.6 is 0 Å². The van der Waals surface area contributed by atoms with Gasteiger partial charge < -0.3 is 37.8 Å². The first-order valence-electron chi connectivity index (χ1n) is 14.0. The summed E-state index contributed by atoms with van der Waals surface area (Å²) in [5, 5.41) is 13.0. The molecule has 0 aliphatic carbocycles. The third-order valence-electron chi connectivity index (χ3n) is 6.37. The molecule has 9 N–H and O–H groups in total. The number of guanidine groups is 1. The minimum Gasteiger partial charge on any atom is -0.481 e. The van der Waals surface area contributed by atoms with Crippen molar-refractivity contribution in [2.45, 2.75) is 44.8 Å². The van der Waals surface area contributed by atoms with E-state index in [1.807, 2.05) is 84.9 Å². The number of urea groups is 1. The van der Waals surface area contributed by atoms with Gasteiger partial charge in [-0.05, 0) is 35.1 Å². The number of benzene rings is 3. The lowest BCUT2D eigenvalue weighted by Crippen LogP contribution is -2.48. The molecule has 0 spiro atoms. The predicted molar refractivity (Wildman–Crippen MR) is 169 cm³/mol. The normalized spacial score (nSPS) is 10.9. The fourth-order valence-electron chi connectivity index (χ4n) is 4.37. The van der Waals surface area contributed by atoms with E-state index in [-0.39, 0.29) is 17.8 Å². The summed E-state index contributed by atoms with van der Waals surface area (Å²) in [6.07, 6.45) is 0.866. The molecule has 234 valence electrons. The van der Waals surface area contributed by atoms with Gasteiger partial charge in [-0.2, -0.15) is 0 Å². The second-order valence-corrected chi connectivity index (χ2v) is 10.0. The van der Waals surface area contributed by atoms with Crippen molar-refractivity contribution in [2.75, 3.05) is 13.6 Å². The molecule has 12 nitrogen and oxygen atoms in total. The molecule has 3 aromatic rings. The molecule has 12 heteroatoms. The van der Waals surface area contributed by atoms with E-state index in [1.54, 1.807) is 11.9 Å². The van der Waals surface area contributed by atoms with Crippen molar-refractivity contribution in [1.82, 2.24) is 15.5 Å². The monoisotopic (exact) mass is 603 g/mol. The topological polar surface area (TPSA) is 206 Å². The summed E-state index contributed by atoms with van der Waals surface area (Å²) >= 11 is 0. The van der Waals surface area contributed by atoms with Crippen LogP contribution in [0.5, 0.6) is 0 Å². The van der Waals surface area contributed by atoms with Gasteiger partial charge in [-0.3, -0.25) is 19.4 Å². The molecule has 0 radical (unpaired) electrons. The number of aliphatic carboxylic acids is 1. The highest BCUT2D eigenvalue weighted by Gasteiger charge is 2.29. The quantitative estimate of drug-likeness (QED) is 0.0975. The Balaban J connectivity index is 0.00000159. The van der Waals surface area contributed by atoms with Gasteiger partial charge in [0.05, 0.1) is 5.92 Å². The molecule has 1 atom stereocenters. The molecule has 0 heterocycles. The highest BCUT2D eigenvalue weighted by molar-refractivity contribution is 5.92. The summed E-state index contributed by atoms with van der Waals surface area (Å²) in [6.45, 7) is 2.08. The van der Waals surface area contributed by atoms with Gasteiger partial charge in [-0.25, -0.2) is 4.79 Å². The number of likely N-dealkylation sites (N-methyl/N-ethyl adjacent to an activating group) is 1. The van der Waals surface area contributed by atoms with E-state index < -0.39 is 24.0 Å². The Labute approximate surface area is 257 Å². The van der Waals surface area contributed by atoms with Crippen LogP contribution in [0, 0.1) is 0 Å². The van der Waals surface area contributed by atoms with Crippen LogP contribution in [-0.4, -0.2) is 59.4 Å². The van der Waals surface area contributed by atoms with Crippen LogP contribution in [0.4, 0.5) is 4.79 Å². The third-order valence-corrected chi connectivity index (χ3v) is 6.37. The fraction of sp³-hybridized carbons (Fsp3) is 0.281. The first kappa shape index (κ1) is 34.8. The minimum absolute atomic E-state index is 0.0216. The molecule has 0 fully saturated rings. The third kappa shape index (κ3) is 12.6. The Morgan fingerprint density at radius 1 is 0.841 bits per heavy atom. The van der Waals surface area contributed by atoms with Crippen molar-refractivity contribution in [2.24, 2.45) is 22.2 Å². The van der Waals surface area contributed by atoms with Gasteiger partial charge in [0, 0.05) is 33.6 Å². The molecule has 44 heavy (non-hydrogen) atoms. The van der Waals surface area contributed by atoms with Gasteiger partial charge in [-0.1, -0.05) is 84.9 Å². The summed E-state index contributed by atoms with van der Waals surface area (Å²) in [7, 11) is 1.70. The molecule has 0 bridgehead atoms. The van der Waals surface area contributed by atoms with Crippen LogP contribution in [0.1, 0.15) is 47.9 Å². The number of nitrogens with two attached hydrogens (primary N) is 3. The lowest BCUT2D eigenvalue weighted by molar-refractivity contribution is -0.136. The molecule has 0 aromatic heterocycles. The zero-order chi connectivity index (χ0) is 32.5. The minimum atomic E-state index is -0.833. The number of aliphatic imine (C=N–C) groups is 1. The smallest absolute Gasteiger partial charge is 0.312 e. The Kier molecular flexibility index (Phi) is 14.4. The van der Waals surface area contributed by atoms with E-state index in [1.165, 1.54) is 0 Å². The van der Waals surface area contributed by atoms with E-state index in [0.717, 1.165) is 29.2 Å². The van der Waals surface area contributed by atoms with Crippen LogP contribution in [0.15, 0.2) is 89.9 Å². The maximum Gasteiger partial charge on any atom is 0.312 e. The van der Waals surface area contributed by atoms with E-state index in [2.05, 4.69) is 15.6 Å². The van der Waals surface area contributed by atoms with Gasteiger partial charge >= 0.3 is 6.03 Å². The van der Waals surface area contributed by atoms with Crippen molar-refractivity contribution in [3.05, 3.63) is 107 Å². The summed E-state index contributed by atoms with van der Waals surface area (Å²) in [5.74, 6) is -1.93. The average molecular weight is 604 g/mol. The fourth-order valence-corrected chi connectivity index (χ4v) is 4.37. The second-order valence-electron chi connectivity index (χ2n) is 10.0. The molecule has 0 saturated carbocycles. The number of hydrogen-bond acceptors (Lipinski definition) is 5. The number of carbonyl (C=O) groups is 4. The number of primary amides is 1. The SMILES string of the molecule is CC(=O)O.CN(Cc1ccc(CNC(N)=O)cc1)C(=O)[C@@H](CCCN=C(N)N)NC(=O)C(c1ccccc1)c1ccccc1. The molecule has 0 saturated heterocycles. The van der Waals surface area contributed by atoms with E-state index in [9.17, 15) is 14.4 Å². The first-order valence-corrected chi connectivity index (χ1v) is 14.0. The molecule has 0 unspecified atom stereocenters. The maximum atomic E-state index is 13.7. The molecule has 0 aliphatic rings. The standard InChI is InChI=1S/C30H37N7O3.C2H4O2/c1-37(20-22-16-14-21(15-17-22)19-35-30(33)40)28(39)25(13-8-18-34-29(31)32)36-27(38)26(23-9-4-2-5-10-23)24-11-6-3-7-12-24;1-2(3)4/h2-7,9-12,14-17,25-26H,8,13,18-20H2,1H3,(H,36,38)(H4,31,32,34)(H3,33,35,40);1H3,(H,3,4)/t25-;/m1./s1. The lowest BCUT2D eigenvalue weighted by Gasteiger charge is -2.27. The van der Waals surface area contributed by atoms with Crippen LogP contribution in [0.2, 0.25) is 0 Å². The number of carboxylic acids is 1. The Morgan fingerprint density at radius 3 is 1.82 bits per heavy atom. The van der Waals surface area contributed by atoms with Gasteiger partial charge in [0.25, 0.3) is 5.97 Å². The maximum absolute atomic E-state index is 13.7. The van der Waals surface area contributed by atoms with Crippen LogP contribution in [-0.2, 0) is 27.5 Å². The van der Waals surface area contributed by atoms with Gasteiger partial charge in [-0.15, -0.1) is 0 Å². The van der Waals surface area contributed by atoms with Crippen molar-refractivity contribution >= 4 is 29.8 Å². The summed E-state index contributed by atoms with van der Waals surface area (Å²) in [6, 6.07) is 25.1. The number of carboxylic acid groups (broad SMARTS) is 1. The van der Waals surface area contributed by atoms with Crippen molar-refractivity contribution < 1.29 is 24.3 Å². The first-order chi connectivity index (χ1) is 21.0. The number of amides is 4. The number of nitrogens with one attached hydrogen (secondary N) is 2. The Bertz CT molecular complexity index is 1340. The zero-order valence-corrected chi connectivity index (χ0v) is 25.0. The molecule has 4 amide bonds. The summed E-state index contributed by atoms with van der Waals surface area (Å²) < 4.78 is 0. The van der Waals surface area contributed by atoms with Crippen molar-refractivity contribution in [1.29, 1.82) is 0 Å². The zero-order valence-electron chi connectivity index (χ0n) is 25.0. The Morgan fingerprint density at radius 2 is 1.34 bits per heavy atom. The van der Waals surface area contributed by atoms with Crippen LogP contribution < -0.4 is 27.8 Å². The van der Waals surface area contributed by atoms with Gasteiger partial charge in [0.15, 0.2) is 5.96 Å². The van der Waals surface area contributed by atoms with Crippen molar-refractivity contribution in [3.63, 3.8) is 0 Å². The molecule has 3 aromatic carbocycles. The van der Waals surface area contributed by atoms with Crippen LogP contribution in [0.3, 0.4) is 0 Å². The number of hydrogen-bond donors (Lipinski definition) is 6. The molecule has 3 rings (SSSR count). The van der Waals surface area contributed by atoms with E-state index in [0.29, 0.717) is 32.5 Å². The molecule has 0 aliphatic heterocycles. The lowest BCUT2D eigenvalue weighted by atomic mass is 9.90. The van der Waals surface area contributed by atoms with Gasteiger partial charge in [0.2, 0.25) is 11.8 Å². The van der Waals surface area contributed by atoms with E-state index >= 15 is 0 Å². The number of nitrogens with zero attached hydrogens (tertiary/aromatic N) is 2. The van der Waals surface area contributed by atoms with Crippen molar-refractivity contribution in [3.8, 4) is 0 Å². The second kappa shape index (κ2) is 18.2. The molecular weight excluding hydrogens is 562 g/mol. The highest BCUT2D eigenvalue weighted by atomic mass is 16.4. The summed E-state index contributed by atoms with van der Waals surface area (Å²) in [5.41, 5.74) is 19.5.